The molecule has 0 atom stereocenters. The van der Waals surface area contributed by atoms with Crippen molar-refractivity contribution in [2.24, 2.45) is 0 Å². The number of ether oxygens (including phenoxy) is 1. The molecule has 12 heteroatoms. The summed E-state index contributed by atoms with van der Waals surface area (Å²) in [4.78, 5) is 26.6. The first-order valence-electron chi connectivity index (χ1n) is 11.4. The molecule has 0 radical (unpaired) electrons. The molecule has 1 fully saturated rings. The van der Waals surface area contributed by atoms with Crippen LogP contribution in [0.2, 0.25) is 10.0 Å². The molecule has 4 aromatic rings. The Hall–Kier alpha value is -3.31. The smallest absolute Gasteiger partial charge is 0.287 e. The van der Waals surface area contributed by atoms with Gasteiger partial charge in [-0.25, -0.2) is 9.97 Å². The number of nitro groups is 1. The lowest BCUT2D eigenvalue weighted by Gasteiger charge is -2.25. The third-order valence-electron chi connectivity index (χ3n) is 5.88. The van der Waals surface area contributed by atoms with Crippen molar-refractivity contribution >= 4 is 40.5 Å². The van der Waals surface area contributed by atoms with E-state index < -0.39 is 4.92 Å². The van der Waals surface area contributed by atoms with Crippen LogP contribution in [0.5, 0.6) is 0 Å². The summed E-state index contributed by atoms with van der Waals surface area (Å²) < 4.78 is 7.37. The van der Waals surface area contributed by atoms with Crippen molar-refractivity contribution in [2.75, 3.05) is 38.2 Å². The Kier molecular flexibility index (Phi) is 7.28. The second-order valence-corrected chi connectivity index (χ2v) is 9.22. The molecule has 1 aliphatic rings. The molecule has 1 aromatic carbocycles. The molecule has 1 N–H and O–H groups in total. The van der Waals surface area contributed by atoms with Crippen LogP contribution in [-0.2, 0) is 17.7 Å². The number of nitrogens with one attached hydrogen (secondary N) is 1. The summed E-state index contributed by atoms with van der Waals surface area (Å²) in [5, 5.41) is 15.3. The summed E-state index contributed by atoms with van der Waals surface area (Å²) in [5.74, 6) is 0.608. The van der Waals surface area contributed by atoms with Crippen molar-refractivity contribution in [1.29, 1.82) is 0 Å². The number of morpholine rings is 1. The maximum absolute atomic E-state index is 10.9. The Morgan fingerprint density at radius 1 is 1.08 bits per heavy atom. The van der Waals surface area contributed by atoms with Crippen LogP contribution in [-0.4, -0.2) is 62.0 Å². The van der Waals surface area contributed by atoms with Gasteiger partial charge in [0.25, 0.3) is 5.69 Å². The molecule has 0 spiro atoms. The zero-order chi connectivity index (χ0) is 25.1. The van der Waals surface area contributed by atoms with E-state index in [9.17, 15) is 10.1 Å². The molecular formula is C24H23Cl2N7O3. The van der Waals surface area contributed by atoms with E-state index in [2.05, 4.69) is 15.2 Å². The first kappa shape index (κ1) is 24.4. The van der Waals surface area contributed by atoms with Crippen LogP contribution in [0.25, 0.3) is 16.9 Å². The van der Waals surface area contributed by atoms with E-state index in [-0.39, 0.29) is 5.69 Å². The van der Waals surface area contributed by atoms with Crippen LogP contribution in [0.4, 0.5) is 11.6 Å². The van der Waals surface area contributed by atoms with Gasteiger partial charge in [-0.05, 0) is 24.3 Å². The average Bonchev–Trinajstić information content (AvgIpc) is 3.27. The molecule has 3 aromatic heterocycles. The minimum atomic E-state index is -0.462. The van der Waals surface area contributed by atoms with Gasteiger partial charge in [0.05, 0.1) is 34.5 Å². The highest BCUT2D eigenvalue weighted by molar-refractivity contribution is 6.36. The van der Waals surface area contributed by atoms with Gasteiger partial charge >= 0.3 is 0 Å². The highest BCUT2D eigenvalue weighted by atomic mass is 35.5. The Morgan fingerprint density at radius 3 is 2.64 bits per heavy atom. The molecule has 0 unspecified atom stereocenters. The number of aromatic nitrogens is 4. The van der Waals surface area contributed by atoms with Gasteiger partial charge in [-0.15, -0.1) is 0 Å². The van der Waals surface area contributed by atoms with E-state index in [4.69, 9.17) is 37.9 Å². The van der Waals surface area contributed by atoms with Crippen LogP contribution < -0.4 is 5.32 Å². The second-order valence-electron chi connectivity index (χ2n) is 8.38. The highest BCUT2D eigenvalue weighted by Gasteiger charge is 2.16. The molecule has 1 aliphatic heterocycles. The Labute approximate surface area is 217 Å². The number of hydrogen-bond acceptors (Lipinski definition) is 8. The Morgan fingerprint density at radius 2 is 1.92 bits per heavy atom. The fourth-order valence-electron chi connectivity index (χ4n) is 4.04. The first-order valence-corrected chi connectivity index (χ1v) is 12.2. The van der Waals surface area contributed by atoms with E-state index in [0.29, 0.717) is 41.2 Å². The van der Waals surface area contributed by atoms with Crippen molar-refractivity contribution < 1.29 is 9.66 Å². The summed E-state index contributed by atoms with van der Waals surface area (Å²) in [7, 11) is 0. The molecule has 4 heterocycles. The second kappa shape index (κ2) is 10.8. The number of benzene rings is 1. The third-order valence-corrected chi connectivity index (χ3v) is 6.43. The number of imidazole rings is 1. The van der Waals surface area contributed by atoms with Crippen molar-refractivity contribution in [1.82, 2.24) is 24.3 Å². The number of rotatable bonds is 8. The molecule has 0 amide bonds. The van der Waals surface area contributed by atoms with Gasteiger partial charge in [0.15, 0.2) is 0 Å². The van der Waals surface area contributed by atoms with Gasteiger partial charge in [0, 0.05) is 67.2 Å². The summed E-state index contributed by atoms with van der Waals surface area (Å²) in [5.41, 5.74) is 3.79. The van der Waals surface area contributed by atoms with Gasteiger partial charge in [0.1, 0.15) is 11.8 Å². The normalized spacial score (nSPS) is 14.3. The molecule has 1 saturated heterocycles. The SMILES string of the molecule is O=[N+]([O-])c1ccc(CCNc2nc(-c3ccc(Cl)cc3Cl)cc3nc(CN4CCOCC4)cn23)nc1. The van der Waals surface area contributed by atoms with Crippen molar-refractivity contribution in [3.05, 3.63) is 80.3 Å². The van der Waals surface area contributed by atoms with Gasteiger partial charge in [-0.2, -0.15) is 0 Å². The lowest BCUT2D eigenvalue weighted by molar-refractivity contribution is -0.385. The number of pyridine rings is 1. The zero-order valence-electron chi connectivity index (χ0n) is 19.2. The van der Waals surface area contributed by atoms with Crippen LogP contribution >= 0.6 is 23.2 Å². The molecule has 186 valence electrons. The highest BCUT2D eigenvalue weighted by Crippen LogP contribution is 2.31. The van der Waals surface area contributed by atoms with E-state index >= 15 is 0 Å². The standard InChI is InChI=1S/C24H23Cl2N7O3/c25-16-1-4-20(21(26)11-16)22-12-23-29-18(14-31-7-9-36-10-8-31)15-32(23)24(30-22)27-6-5-17-2-3-19(13-28-17)33(34)35/h1-4,11-13,15H,5-10,14H2,(H,27,30). The molecule has 0 aliphatic carbocycles. The molecular weight excluding hydrogens is 505 g/mol. The Bertz CT molecular complexity index is 1390. The van der Waals surface area contributed by atoms with Gasteiger partial charge in [-0.3, -0.25) is 24.4 Å². The van der Waals surface area contributed by atoms with Crippen molar-refractivity contribution in [3.63, 3.8) is 0 Å². The van der Waals surface area contributed by atoms with Crippen LogP contribution in [0.3, 0.4) is 0 Å². The van der Waals surface area contributed by atoms with Gasteiger partial charge < -0.3 is 10.1 Å². The number of hydrogen-bond donors (Lipinski definition) is 1. The summed E-state index contributed by atoms with van der Waals surface area (Å²) in [6, 6.07) is 10.3. The fourth-order valence-corrected chi connectivity index (χ4v) is 4.54. The molecule has 36 heavy (non-hydrogen) atoms. The van der Waals surface area contributed by atoms with Crippen LogP contribution in [0.1, 0.15) is 11.4 Å². The molecule has 0 saturated carbocycles. The lowest BCUT2D eigenvalue weighted by Crippen LogP contribution is -2.35. The van der Waals surface area contributed by atoms with Crippen LogP contribution in [0.15, 0.2) is 48.8 Å². The van der Waals surface area contributed by atoms with Crippen molar-refractivity contribution in [3.8, 4) is 11.3 Å². The van der Waals surface area contributed by atoms with Crippen molar-refractivity contribution in [2.45, 2.75) is 13.0 Å². The summed E-state index contributed by atoms with van der Waals surface area (Å²) >= 11 is 12.6. The van der Waals surface area contributed by atoms with E-state index in [1.165, 1.54) is 12.3 Å². The summed E-state index contributed by atoms with van der Waals surface area (Å²) in [6.07, 6.45) is 3.81. The quantitative estimate of drug-likeness (QED) is 0.263. The first-order chi connectivity index (χ1) is 17.5. The number of nitrogens with zero attached hydrogens (tertiary/aromatic N) is 6. The fraction of sp³-hybridized carbons (Fsp3) is 0.292. The third kappa shape index (κ3) is 5.57. The van der Waals surface area contributed by atoms with E-state index in [1.54, 1.807) is 18.2 Å². The zero-order valence-corrected chi connectivity index (χ0v) is 20.7. The molecule has 0 bridgehead atoms. The van der Waals surface area contributed by atoms with E-state index in [0.717, 1.165) is 48.9 Å². The lowest BCUT2D eigenvalue weighted by atomic mass is 10.1. The van der Waals surface area contributed by atoms with Crippen LogP contribution in [0, 0.1) is 10.1 Å². The van der Waals surface area contributed by atoms with Gasteiger partial charge in [0.2, 0.25) is 5.95 Å². The van der Waals surface area contributed by atoms with E-state index in [1.807, 2.05) is 22.7 Å². The topological polar surface area (TPSA) is 111 Å². The maximum Gasteiger partial charge on any atom is 0.287 e. The monoisotopic (exact) mass is 527 g/mol. The molecule has 5 rings (SSSR count). The summed E-state index contributed by atoms with van der Waals surface area (Å²) in [6.45, 7) is 4.40. The molecule has 10 nitrogen and oxygen atoms in total. The largest absolute Gasteiger partial charge is 0.379 e. The average molecular weight is 528 g/mol. The predicted molar refractivity (Wildman–Crippen MR) is 138 cm³/mol. The number of anilines is 1. The maximum atomic E-state index is 10.9. The van der Waals surface area contributed by atoms with Gasteiger partial charge in [-0.1, -0.05) is 23.2 Å². The minimum absolute atomic E-state index is 0.0335. The number of halogens is 2. The minimum Gasteiger partial charge on any atom is -0.379 e. The Balaban J connectivity index is 1.42. The number of fused-ring (bicyclic) bond motifs is 1. The predicted octanol–water partition coefficient (Wildman–Crippen LogP) is 4.49.